The lowest BCUT2D eigenvalue weighted by molar-refractivity contribution is -0.116. The molecule has 1 amide bonds. The second-order valence-electron chi connectivity index (χ2n) is 6.18. The lowest BCUT2D eigenvalue weighted by Crippen LogP contribution is -2.11. The van der Waals surface area contributed by atoms with E-state index in [0.717, 1.165) is 29.6 Å². The maximum atomic E-state index is 12.2. The number of amides is 1. The number of aromatic nitrogens is 1. The second-order valence-corrected chi connectivity index (χ2v) is 7.61. The highest BCUT2D eigenvalue weighted by atomic mass is 32.2. The summed E-state index contributed by atoms with van der Waals surface area (Å²) in [7, 11) is -0.887. The van der Waals surface area contributed by atoms with Crippen LogP contribution < -0.4 is 5.32 Å². The van der Waals surface area contributed by atoms with E-state index in [1.807, 2.05) is 42.6 Å². The van der Waals surface area contributed by atoms with Gasteiger partial charge in [0.1, 0.15) is 0 Å². The molecule has 4 nitrogen and oxygen atoms in total. The molecule has 0 aliphatic carbocycles. The van der Waals surface area contributed by atoms with Gasteiger partial charge in [-0.3, -0.25) is 9.00 Å². The van der Waals surface area contributed by atoms with Crippen LogP contribution in [-0.2, 0) is 27.8 Å². The van der Waals surface area contributed by atoms with Gasteiger partial charge in [0.05, 0.1) is 0 Å². The van der Waals surface area contributed by atoms with E-state index >= 15 is 0 Å². The van der Waals surface area contributed by atoms with Crippen molar-refractivity contribution < 1.29 is 9.00 Å². The van der Waals surface area contributed by atoms with Gasteiger partial charge in [0, 0.05) is 52.0 Å². The first-order chi connectivity index (χ1) is 12.1. The Morgan fingerprint density at radius 2 is 2.00 bits per heavy atom. The minimum atomic E-state index is -0.887. The third-order valence-electron chi connectivity index (χ3n) is 4.11. The van der Waals surface area contributed by atoms with Crippen molar-refractivity contribution in [2.75, 3.05) is 11.6 Å². The van der Waals surface area contributed by atoms with Crippen LogP contribution >= 0.6 is 0 Å². The Labute approximate surface area is 150 Å². The molecule has 0 aliphatic rings. The van der Waals surface area contributed by atoms with E-state index in [2.05, 4.69) is 22.4 Å². The molecule has 0 saturated heterocycles. The highest BCUT2D eigenvalue weighted by Crippen LogP contribution is 2.19. The standard InChI is InChI=1S/C20H22N2O2S/c1-25(24)14-15-6-4-8-17(12-15)22-20(23)11-5-7-16-13-21-19-10-3-2-9-18(16)19/h2-4,6,8-10,12-13,21H,5,7,11,14H2,1H3,(H,22,23). The summed E-state index contributed by atoms with van der Waals surface area (Å²) in [5, 5.41) is 4.15. The van der Waals surface area contributed by atoms with Crippen LogP contribution in [0.1, 0.15) is 24.0 Å². The molecule has 0 bridgehead atoms. The lowest BCUT2D eigenvalue weighted by Gasteiger charge is -2.07. The van der Waals surface area contributed by atoms with Gasteiger partial charge in [0.15, 0.2) is 0 Å². The van der Waals surface area contributed by atoms with E-state index in [9.17, 15) is 9.00 Å². The number of para-hydroxylation sites is 1. The number of aromatic amines is 1. The van der Waals surface area contributed by atoms with Crippen LogP contribution in [0.4, 0.5) is 5.69 Å². The number of hydrogen-bond donors (Lipinski definition) is 2. The van der Waals surface area contributed by atoms with Gasteiger partial charge in [0.25, 0.3) is 0 Å². The molecule has 1 unspecified atom stereocenters. The Balaban J connectivity index is 1.52. The van der Waals surface area contributed by atoms with Crippen LogP contribution in [0.3, 0.4) is 0 Å². The molecule has 3 aromatic rings. The first-order valence-electron chi connectivity index (χ1n) is 8.35. The van der Waals surface area contributed by atoms with E-state index in [-0.39, 0.29) is 5.91 Å². The van der Waals surface area contributed by atoms with Crippen molar-refractivity contribution in [2.45, 2.75) is 25.0 Å². The fourth-order valence-corrected chi connectivity index (χ4v) is 3.62. The Kier molecular flexibility index (Phi) is 5.66. The molecular weight excluding hydrogens is 332 g/mol. The predicted octanol–water partition coefficient (Wildman–Crippen LogP) is 4.01. The predicted molar refractivity (Wildman–Crippen MR) is 104 cm³/mol. The zero-order valence-corrected chi connectivity index (χ0v) is 15.1. The molecule has 0 fully saturated rings. The maximum absolute atomic E-state index is 12.2. The molecule has 25 heavy (non-hydrogen) atoms. The number of anilines is 1. The number of rotatable bonds is 7. The Hall–Kier alpha value is -2.40. The zero-order valence-electron chi connectivity index (χ0n) is 14.2. The average Bonchev–Trinajstić information content (AvgIpc) is 2.98. The van der Waals surface area contributed by atoms with Crippen LogP contribution in [-0.4, -0.2) is 21.4 Å². The quantitative estimate of drug-likeness (QED) is 0.673. The van der Waals surface area contributed by atoms with E-state index in [1.165, 1.54) is 10.9 Å². The summed E-state index contributed by atoms with van der Waals surface area (Å²) in [5.41, 5.74) is 4.11. The molecule has 0 radical (unpaired) electrons. The summed E-state index contributed by atoms with van der Waals surface area (Å²) in [6.07, 6.45) is 5.84. The molecule has 130 valence electrons. The van der Waals surface area contributed by atoms with Crippen molar-refractivity contribution in [3.63, 3.8) is 0 Å². The third kappa shape index (κ3) is 4.79. The third-order valence-corrected chi connectivity index (χ3v) is 4.85. The van der Waals surface area contributed by atoms with Crippen molar-refractivity contribution in [2.24, 2.45) is 0 Å². The fraction of sp³-hybridized carbons (Fsp3) is 0.250. The number of nitrogens with one attached hydrogen (secondary N) is 2. The molecular formula is C20H22N2O2S. The number of carbonyl (C=O) groups excluding carboxylic acids is 1. The van der Waals surface area contributed by atoms with Crippen LogP contribution in [0.2, 0.25) is 0 Å². The molecule has 0 spiro atoms. The monoisotopic (exact) mass is 354 g/mol. The minimum absolute atomic E-state index is 0.00890. The first-order valence-corrected chi connectivity index (χ1v) is 10.1. The SMILES string of the molecule is CS(=O)Cc1cccc(NC(=O)CCCc2c[nH]c3ccccc23)c1. The topological polar surface area (TPSA) is 62.0 Å². The summed E-state index contributed by atoms with van der Waals surface area (Å²) in [6, 6.07) is 15.8. The number of carbonyl (C=O) groups is 1. The average molecular weight is 354 g/mol. The van der Waals surface area contributed by atoms with Crippen molar-refractivity contribution >= 4 is 33.3 Å². The molecule has 1 aromatic heterocycles. The summed E-state index contributed by atoms with van der Waals surface area (Å²) in [4.78, 5) is 15.4. The van der Waals surface area contributed by atoms with Gasteiger partial charge in [-0.05, 0) is 42.2 Å². The first kappa shape index (κ1) is 17.4. The summed E-state index contributed by atoms with van der Waals surface area (Å²) >= 11 is 0. The van der Waals surface area contributed by atoms with Gasteiger partial charge >= 0.3 is 0 Å². The van der Waals surface area contributed by atoms with Crippen molar-refractivity contribution in [3.8, 4) is 0 Å². The Bertz CT molecular complexity index is 901. The summed E-state index contributed by atoms with van der Waals surface area (Å²) in [6.45, 7) is 0. The molecule has 2 N–H and O–H groups in total. The van der Waals surface area contributed by atoms with E-state index in [1.54, 1.807) is 6.26 Å². The molecule has 1 atom stereocenters. The summed E-state index contributed by atoms with van der Waals surface area (Å²) < 4.78 is 11.3. The number of H-pyrrole nitrogens is 1. The number of fused-ring (bicyclic) bond motifs is 1. The van der Waals surface area contributed by atoms with E-state index < -0.39 is 10.8 Å². The minimum Gasteiger partial charge on any atom is -0.361 e. The van der Waals surface area contributed by atoms with E-state index in [4.69, 9.17) is 0 Å². The molecule has 5 heteroatoms. The highest BCUT2D eigenvalue weighted by molar-refractivity contribution is 7.83. The van der Waals surface area contributed by atoms with Crippen LogP contribution in [0.15, 0.2) is 54.7 Å². The van der Waals surface area contributed by atoms with Crippen molar-refractivity contribution in [1.29, 1.82) is 0 Å². The molecule has 2 aromatic carbocycles. The molecule has 0 saturated carbocycles. The van der Waals surface area contributed by atoms with Gasteiger partial charge in [-0.1, -0.05) is 30.3 Å². The second kappa shape index (κ2) is 8.12. The number of aryl methyl sites for hydroxylation is 1. The van der Waals surface area contributed by atoms with Crippen LogP contribution in [0.5, 0.6) is 0 Å². The maximum Gasteiger partial charge on any atom is 0.224 e. The Morgan fingerprint density at radius 1 is 1.16 bits per heavy atom. The Morgan fingerprint density at radius 3 is 2.84 bits per heavy atom. The smallest absolute Gasteiger partial charge is 0.224 e. The van der Waals surface area contributed by atoms with Crippen LogP contribution in [0, 0.1) is 0 Å². The van der Waals surface area contributed by atoms with Crippen molar-refractivity contribution in [3.05, 3.63) is 65.9 Å². The zero-order chi connectivity index (χ0) is 17.6. The normalized spacial score (nSPS) is 12.2. The molecule has 1 heterocycles. The van der Waals surface area contributed by atoms with E-state index in [0.29, 0.717) is 12.2 Å². The van der Waals surface area contributed by atoms with Gasteiger partial charge in [-0.15, -0.1) is 0 Å². The fourth-order valence-electron chi connectivity index (χ4n) is 2.97. The van der Waals surface area contributed by atoms with Crippen molar-refractivity contribution in [1.82, 2.24) is 4.98 Å². The summed E-state index contributed by atoms with van der Waals surface area (Å²) in [5.74, 6) is 0.513. The van der Waals surface area contributed by atoms with Gasteiger partial charge in [-0.25, -0.2) is 0 Å². The lowest BCUT2D eigenvalue weighted by atomic mass is 10.1. The molecule has 3 rings (SSSR count). The number of benzene rings is 2. The van der Waals surface area contributed by atoms with Gasteiger partial charge in [-0.2, -0.15) is 0 Å². The molecule has 0 aliphatic heterocycles. The largest absolute Gasteiger partial charge is 0.361 e. The number of hydrogen-bond acceptors (Lipinski definition) is 2. The van der Waals surface area contributed by atoms with Crippen LogP contribution in [0.25, 0.3) is 10.9 Å². The van der Waals surface area contributed by atoms with Gasteiger partial charge < -0.3 is 10.3 Å². The van der Waals surface area contributed by atoms with Gasteiger partial charge in [0.2, 0.25) is 5.91 Å². The highest BCUT2D eigenvalue weighted by Gasteiger charge is 2.06.